The van der Waals surface area contributed by atoms with E-state index in [0.29, 0.717) is 49.7 Å². The first-order chi connectivity index (χ1) is 17.1. The molecule has 0 spiro atoms. The van der Waals surface area contributed by atoms with Gasteiger partial charge in [0.05, 0.1) is 6.54 Å². The number of benzene rings is 2. The van der Waals surface area contributed by atoms with Crippen LogP contribution in [0.4, 0.5) is 16.3 Å². The summed E-state index contributed by atoms with van der Waals surface area (Å²) in [6.45, 7) is 4.56. The van der Waals surface area contributed by atoms with Gasteiger partial charge in [-0.25, -0.2) is 14.8 Å². The average Bonchev–Trinajstić information content (AvgIpc) is 2.91. The summed E-state index contributed by atoms with van der Waals surface area (Å²) in [6.07, 6.45) is 2.53. The van der Waals surface area contributed by atoms with E-state index in [4.69, 9.17) is 0 Å². The van der Waals surface area contributed by atoms with Crippen LogP contribution in [-0.4, -0.2) is 51.6 Å². The van der Waals surface area contributed by atoms with Gasteiger partial charge in [0.25, 0.3) is 5.56 Å². The van der Waals surface area contributed by atoms with E-state index in [-0.39, 0.29) is 11.6 Å². The third kappa shape index (κ3) is 4.73. The molecule has 0 radical (unpaired) electrons. The van der Waals surface area contributed by atoms with Gasteiger partial charge in [-0.15, -0.1) is 0 Å². The molecule has 2 aromatic heterocycles. The van der Waals surface area contributed by atoms with Crippen molar-refractivity contribution in [3.8, 4) is 0 Å². The Hall–Kier alpha value is -4.20. The molecule has 5 rings (SSSR count). The van der Waals surface area contributed by atoms with Gasteiger partial charge in [0.2, 0.25) is 0 Å². The third-order valence-corrected chi connectivity index (χ3v) is 6.37. The maximum atomic E-state index is 13.5. The SMILES string of the molecule is CCc1ccccc1NC(=O)N1CCN(c2nc3cccnc3n(Cc3ccccc3)c2=O)CC1. The predicted octanol–water partition coefficient (Wildman–Crippen LogP) is 3.76. The minimum Gasteiger partial charge on any atom is -0.348 e. The standard InChI is InChI=1S/C27H28N6O2/c1-2-21-11-6-7-12-22(21)30-27(35)32-17-15-31(16-18-32)25-26(34)33(19-20-9-4-3-5-10-20)24-23(29-25)13-8-14-28-24/h3-14H,2,15-19H2,1H3,(H,30,35). The molecule has 2 amide bonds. The first kappa shape index (κ1) is 22.6. The fourth-order valence-electron chi connectivity index (χ4n) is 4.45. The molecule has 8 heteroatoms. The molecule has 0 atom stereocenters. The van der Waals surface area contributed by atoms with E-state index in [9.17, 15) is 9.59 Å². The Kier molecular flexibility index (Phi) is 6.43. The maximum Gasteiger partial charge on any atom is 0.321 e. The molecule has 0 aliphatic carbocycles. The van der Waals surface area contributed by atoms with E-state index in [0.717, 1.165) is 23.2 Å². The van der Waals surface area contributed by atoms with Crippen molar-refractivity contribution in [2.24, 2.45) is 0 Å². The Morgan fingerprint density at radius 2 is 1.69 bits per heavy atom. The molecule has 8 nitrogen and oxygen atoms in total. The van der Waals surface area contributed by atoms with E-state index in [1.807, 2.05) is 71.6 Å². The van der Waals surface area contributed by atoms with Crippen LogP contribution in [0.1, 0.15) is 18.1 Å². The number of carbonyl (C=O) groups excluding carboxylic acids is 1. The number of rotatable bonds is 5. The van der Waals surface area contributed by atoms with Crippen LogP contribution in [0.3, 0.4) is 0 Å². The number of amides is 2. The monoisotopic (exact) mass is 468 g/mol. The number of urea groups is 1. The molecule has 2 aromatic carbocycles. The lowest BCUT2D eigenvalue weighted by Crippen LogP contribution is -2.51. The minimum atomic E-state index is -0.171. The molecule has 0 bridgehead atoms. The van der Waals surface area contributed by atoms with Gasteiger partial charge in [0.1, 0.15) is 5.52 Å². The third-order valence-electron chi connectivity index (χ3n) is 6.37. The molecule has 0 unspecified atom stereocenters. The molecule has 1 fully saturated rings. The van der Waals surface area contributed by atoms with Crippen molar-refractivity contribution in [3.05, 3.63) is 94.4 Å². The van der Waals surface area contributed by atoms with Gasteiger partial charge in [-0.3, -0.25) is 9.36 Å². The molecule has 0 saturated carbocycles. The van der Waals surface area contributed by atoms with Crippen LogP contribution >= 0.6 is 0 Å². The summed E-state index contributed by atoms with van der Waals surface area (Å²) in [7, 11) is 0. The van der Waals surface area contributed by atoms with E-state index >= 15 is 0 Å². The largest absolute Gasteiger partial charge is 0.348 e. The molecule has 1 aliphatic heterocycles. The van der Waals surface area contributed by atoms with Crippen molar-refractivity contribution in [1.82, 2.24) is 19.4 Å². The van der Waals surface area contributed by atoms with Crippen LogP contribution in [0, 0.1) is 0 Å². The van der Waals surface area contributed by atoms with Crippen molar-refractivity contribution < 1.29 is 4.79 Å². The Bertz CT molecular complexity index is 1390. The Balaban J connectivity index is 1.36. The zero-order valence-electron chi connectivity index (χ0n) is 19.7. The van der Waals surface area contributed by atoms with Crippen LogP contribution in [-0.2, 0) is 13.0 Å². The zero-order chi connectivity index (χ0) is 24.2. The number of hydrogen-bond donors (Lipinski definition) is 1. The molecule has 1 N–H and O–H groups in total. The van der Waals surface area contributed by atoms with Crippen LogP contribution < -0.4 is 15.8 Å². The molecule has 1 aliphatic rings. The average molecular weight is 469 g/mol. The number of nitrogens with one attached hydrogen (secondary N) is 1. The zero-order valence-corrected chi connectivity index (χ0v) is 19.7. The van der Waals surface area contributed by atoms with Crippen molar-refractivity contribution in [2.45, 2.75) is 19.9 Å². The first-order valence-corrected chi connectivity index (χ1v) is 11.9. The van der Waals surface area contributed by atoms with Crippen molar-refractivity contribution >= 4 is 28.7 Å². The number of fused-ring (bicyclic) bond motifs is 1. The normalized spacial score (nSPS) is 13.7. The highest BCUT2D eigenvalue weighted by atomic mass is 16.2. The maximum absolute atomic E-state index is 13.5. The fraction of sp³-hybridized carbons (Fsp3) is 0.259. The predicted molar refractivity (Wildman–Crippen MR) is 138 cm³/mol. The van der Waals surface area contributed by atoms with Crippen LogP contribution in [0.2, 0.25) is 0 Å². The topological polar surface area (TPSA) is 83.4 Å². The van der Waals surface area contributed by atoms with Crippen molar-refractivity contribution in [3.63, 3.8) is 0 Å². The number of carbonyl (C=O) groups is 1. The number of pyridine rings is 1. The quantitative estimate of drug-likeness (QED) is 0.482. The highest BCUT2D eigenvalue weighted by Crippen LogP contribution is 2.18. The van der Waals surface area contributed by atoms with E-state index in [1.165, 1.54) is 0 Å². The summed E-state index contributed by atoms with van der Waals surface area (Å²) in [6, 6.07) is 21.3. The van der Waals surface area contributed by atoms with E-state index < -0.39 is 0 Å². The second kappa shape index (κ2) is 9.97. The van der Waals surface area contributed by atoms with E-state index in [2.05, 4.69) is 22.2 Å². The number of anilines is 2. The summed E-state index contributed by atoms with van der Waals surface area (Å²) in [5.41, 5.74) is 4.04. The van der Waals surface area contributed by atoms with Crippen LogP contribution in [0.25, 0.3) is 11.2 Å². The minimum absolute atomic E-state index is 0.122. The Morgan fingerprint density at radius 1 is 0.943 bits per heavy atom. The summed E-state index contributed by atoms with van der Waals surface area (Å²) in [5.74, 6) is 0.401. The van der Waals surface area contributed by atoms with Gasteiger partial charge in [-0.1, -0.05) is 55.5 Å². The lowest BCUT2D eigenvalue weighted by Gasteiger charge is -2.35. The van der Waals surface area contributed by atoms with Gasteiger partial charge in [-0.05, 0) is 35.7 Å². The second-order valence-electron chi connectivity index (χ2n) is 8.57. The van der Waals surface area contributed by atoms with Crippen LogP contribution in [0.5, 0.6) is 0 Å². The van der Waals surface area contributed by atoms with Gasteiger partial charge >= 0.3 is 6.03 Å². The molecule has 4 aromatic rings. The highest BCUT2D eigenvalue weighted by Gasteiger charge is 2.25. The second-order valence-corrected chi connectivity index (χ2v) is 8.57. The lowest BCUT2D eigenvalue weighted by atomic mass is 10.1. The summed E-state index contributed by atoms with van der Waals surface area (Å²) < 4.78 is 1.69. The highest BCUT2D eigenvalue weighted by molar-refractivity contribution is 5.90. The smallest absolute Gasteiger partial charge is 0.321 e. The van der Waals surface area contributed by atoms with Gasteiger partial charge < -0.3 is 15.1 Å². The number of para-hydroxylation sites is 1. The molecule has 35 heavy (non-hydrogen) atoms. The van der Waals surface area contributed by atoms with Crippen LogP contribution in [0.15, 0.2) is 77.7 Å². The fourth-order valence-corrected chi connectivity index (χ4v) is 4.45. The summed E-state index contributed by atoms with van der Waals surface area (Å²) in [4.78, 5) is 39.3. The molecular weight excluding hydrogens is 440 g/mol. The van der Waals surface area contributed by atoms with Crippen molar-refractivity contribution in [1.29, 1.82) is 0 Å². The lowest BCUT2D eigenvalue weighted by molar-refractivity contribution is 0.208. The van der Waals surface area contributed by atoms with Gasteiger partial charge in [0.15, 0.2) is 11.5 Å². The summed E-state index contributed by atoms with van der Waals surface area (Å²) in [5, 5.41) is 3.04. The number of piperazine rings is 1. The molecule has 178 valence electrons. The Morgan fingerprint density at radius 3 is 2.46 bits per heavy atom. The first-order valence-electron chi connectivity index (χ1n) is 11.9. The van der Waals surface area contributed by atoms with Gasteiger partial charge in [0, 0.05) is 38.1 Å². The molecule has 1 saturated heterocycles. The number of aryl methyl sites for hydroxylation is 1. The molecular formula is C27H28N6O2. The van der Waals surface area contributed by atoms with Crippen molar-refractivity contribution in [2.75, 3.05) is 36.4 Å². The molecule has 3 heterocycles. The van der Waals surface area contributed by atoms with E-state index in [1.54, 1.807) is 15.7 Å². The number of aromatic nitrogens is 3. The summed E-state index contributed by atoms with van der Waals surface area (Å²) >= 11 is 0. The number of hydrogen-bond acceptors (Lipinski definition) is 5. The number of nitrogens with zero attached hydrogens (tertiary/aromatic N) is 5. The van der Waals surface area contributed by atoms with Gasteiger partial charge in [-0.2, -0.15) is 0 Å². The Labute approximate surface area is 203 Å².